The lowest BCUT2D eigenvalue weighted by atomic mass is 9.70. The van der Waals surface area contributed by atoms with E-state index in [2.05, 4.69) is 34.5 Å². The van der Waals surface area contributed by atoms with Crippen LogP contribution < -0.4 is 5.32 Å². The van der Waals surface area contributed by atoms with Crippen LogP contribution in [0.25, 0.3) is 0 Å². The van der Waals surface area contributed by atoms with Crippen LogP contribution in [0, 0.1) is 5.41 Å². The third-order valence-corrected chi connectivity index (χ3v) is 6.59. The zero-order valence-corrected chi connectivity index (χ0v) is 15.1. The van der Waals surface area contributed by atoms with Crippen molar-refractivity contribution in [1.82, 2.24) is 10.2 Å². The largest absolute Gasteiger partial charge is 0.381 e. The average Bonchev–Trinajstić information content (AvgIpc) is 2.69. The molecule has 0 aromatic heterocycles. The summed E-state index contributed by atoms with van der Waals surface area (Å²) < 4.78 is 5.61. The minimum Gasteiger partial charge on any atom is -0.381 e. The summed E-state index contributed by atoms with van der Waals surface area (Å²) in [6.07, 6.45) is 6.49. The zero-order valence-electron chi connectivity index (χ0n) is 15.1. The van der Waals surface area contributed by atoms with E-state index >= 15 is 0 Å². The molecule has 4 heteroatoms. The first kappa shape index (κ1) is 17.0. The van der Waals surface area contributed by atoms with Gasteiger partial charge >= 0.3 is 0 Å². The van der Waals surface area contributed by atoms with Crippen LogP contribution in [-0.4, -0.2) is 50.2 Å². The number of nitrogens with one attached hydrogen (secondary N) is 1. The molecule has 4 rings (SSSR count). The van der Waals surface area contributed by atoms with Crippen LogP contribution in [0.1, 0.15) is 44.1 Å². The fourth-order valence-electron chi connectivity index (χ4n) is 5.17. The maximum Gasteiger partial charge on any atom is 0.233 e. The normalized spacial score (nSPS) is 29.5. The van der Waals surface area contributed by atoms with Gasteiger partial charge in [0.15, 0.2) is 0 Å². The maximum absolute atomic E-state index is 13.8. The highest BCUT2D eigenvalue weighted by Gasteiger charge is 2.47. The van der Waals surface area contributed by atoms with Crippen LogP contribution in [0.2, 0.25) is 0 Å². The zero-order chi connectivity index (χ0) is 17.2. The molecular weight excluding hydrogens is 312 g/mol. The molecule has 1 aromatic carbocycles. The molecule has 0 saturated carbocycles. The molecule has 4 nitrogen and oxygen atoms in total. The maximum atomic E-state index is 13.8. The minimum absolute atomic E-state index is 0.301. The van der Waals surface area contributed by atoms with Crippen molar-refractivity contribution in [3.8, 4) is 0 Å². The fourth-order valence-corrected chi connectivity index (χ4v) is 5.17. The smallest absolute Gasteiger partial charge is 0.233 e. The quantitative estimate of drug-likeness (QED) is 0.898. The molecule has 0 radical (unpaired) electrons. The molecule has 136 valence electrons. The van der Waals surface area contributed by atoms with Gasteiger partial charge < -0.3 is 15.0 Å². The molecule has 3 saturated heterocycles. The second-order valence-electron chi connectivity index (χ2n) is 8.17. The molecule has 25 heavy (non-hydrogen) atoms. The summed E-state index contributed by atoms with van der Waals surface area (Å²) in [6, 6.07) is 10.4. The van der Waals surface area contributed by atoms with Gasteiger partial charge in [-0.05, 0) is 50.6 Å². The first-order valence-corrected chi connectivity index (χ1v) is 9.88. The Hall–Kier alpha value is -1.39. The molecule has 1 aromatic rings. The van der Waals surface area contributed by atoms with Crippen LogP contribution in [-0.2, 0) is 14.9 Å². The van der Waals surface area contributed by atoms with E-state index in [-0.39, 0.29) is 5.41 Å². The SMILES string of the molecule is O=C(N1CCCC2(CCCNC2)C1)C1(c2ccccc2)CCOCC1. The lowest BCUT2D eigenvalue weighted by Gasteiger charge is -2.48. The average molecular weight is 342 g/mol. The molecule has 1 amide bonds. The Morgan fingerprint density at radius 3 is 2.52 bits per heavy atom. The summed E-state index contributed by atoms with van der Waals surface area (Å²) in [5, 5.41) is 3.57. The van der Waals surface area contributed by atoms with Crippen molar-refractivity contribution in [2.45, 2.75) is 43.9 Å². The molecule has 1 atom stereocenters. The molecule has 1 spiro atoms. The molecule has 3 fully saturated rings. The van der Waals surface area contributed by atoms with Gasteiger partial charge in [0.1, 0.15) is 0 Å². The van der Waals surface area contributed by atoms with Crippen LogP contribution in [0.3, 0.4) is 0 Å². The standard InChI is InChI=1S/C21H30N2O2/c24-19(23-13-5-9-20(17-23)8-4-12-22-16-20)21(10-14-25-15-11-21)18-6-2-1-3-7-18/h1-3,6-7,22H,4-5,8-17H2. The minimum atomic E-state index is -0.389. The lowest BCUT2D eigenvalue weighted by Crippen LogP contribution is -2.57. The van der Waals surface area contributed by atoms with Crippen molar-refractivity contribution < 1.29 is 9.53 Å². The summed E-state index contributed by atoms with van der Waals surface area (Å²) in [4.78, 5) is 15.9. The monoisotopic (exact) mass is 342 g/mol. The van der Waals surface area contributed by atoms with Gasteiger partial charge in [0.25, 0.3) is 0 Å². The van der Waals surface area contributed by atoms with Crippen molar-refractivity contribution in [2.75, 3.05) is 39.4 Å². The van der Waals surface area contributed by atoms with E-state index in [1.807, 2.05) is 6.07 Å². The summed E-state index contributed by atoms with van der Waals surface area (Å²) >= 11 is 0. The number of carbonyl (C=O) groups excluding carboxylic acids is 1. The molecule has 0 bridgehead atoms. The molecule has 3 aliphatic heterocycles. The molecule has 1 unspecified atom stereocenters. The van der Waals surface area contributed by atoms with E-state index in [9.17, 15) is 4.79 Å². The Morgan fingerprint density at radius 2 is 1.80 bits per heavy atom. The second-order valence-corrected chi connectivity index (χ2v) is 8.17. The summed E-state index contributed by atoms with van der Waals surface area (Å²) in [5.41, 5.74) is 1.08. The van der Waals surface area contributed by atoms with Crippen LogP contribution in [0.15, 0.2) is 30.3 Å². The first-order valence-electron chi connectivity index (χ1n) is 9.88. The van der Waals surface area contributed by atoms with E-state index in [4.69, 9.17) is 4.74 Å². The molecule has 3 aliphatic rings. The van der Waals surface area contributed by atoms with Crippen molar-refractivity contribution in [1.29, 1.82) is 0 Å². The highest BCUT2D eigenvalue weighted by molar-refractivity contribution is 5.88. The lowest BCUT2D eigenvalue weighted by molar-refractivity contribution is -0.145. The molecule has 3 heterocycles. The highest BCUT2D eigenvalue weighted by atomic mass is 16.5. The van der Waals surface area contributed by atoms with Crippen LogP contribution >= 0.6 is 0 Å². The predicted molar refractivity (Wildman–Crippen MR) is 98.5 cm³/mol. The molecule has 0 aliphatic carbocycles. The van der Waals surface area contributed by atoms with Gasteiger partial charge in [-0.3, -0.25) is 4.79 Å². The molecule has 1 N–H and O–H groups in total. The number of ether oxygens (including phenoxy) is 1. The summed E-state index contributed by atoms with van der Waals surface area (Å²) in [7, 11) is 0. The Balaban J connectivity index is 1.60. The Kier molecular flexibility index (Phi) is 4.83. The van der Waals surface area contributed by atoms with Crippen molar-refractivity contribution >= 4 is 5.91 Å². The Morgan fingerprint density at radius 1 is 1.04 bits per heavy atom. The number of piperidine rings is 2. The number of benzene rings is 1. The Labute approximate surface area is 150 Å². The molecular formula is C21H30N2O2. The fraction of sp³-hybridized carbons (Fsp3) is 0.667. The number of nitrogens with zero attached hydrogens (tertiary/aromatic N) is 1. The highest BCUT2D eigenvalue weighted by Crippen LogP contribution is 2.41. The van der Waals surface area contributed by atoms with Gasteiger partial charge in [0.2, 0.25) is 5.91 Å². The van der Waals surface area contributed by atoms with Crippen molar-refractivity contribution in [2.24, 2.45) is 5.41 Å². The van der Waals surface area contributed by atoms with Crippen molar-refractivity contribution in [3.63, 3.8) is 0 Å². The van der Waals surface area contributed by atoms with Gasteiger partial charge in [-0.2, -0.15) is 0 Å². The van der Waals surface area contributed by atoms with E-state index < -0.39 is 0 Å². The van der Waals surface area contributed by atoms with E-state index in [0.29, 0.717) is 24.5 Å². The predicted octanol–water partition coefficient (Wildman–Crippen LogP) is 2.73. The first-order chi connectivity index (χ1) is 12.2. The number of likely N-dealkylation sites (tertiary alicyclic amines) is 1. The van der Waals surface area contributed by atoms with Gasteiger partial charge in [-0.15, -0.1) is 0 Å². The summed E-state index contributed by atoms with van der Waals surface area (Å²) in [6.45, 7) is 5.39. The topological polar surface area (TPSA) is 41.6 Å². The Bertz CT molecular complexity index is 584. The number of hydrogen-bond donors (Lipinski definition) is 1. The third-order valence-electron chi connectivity index (χ3n) is 6.59. The number of amides is 1. The van der Waals surface area contributed by atoms with E-state index in [1.165, 1.54) is 24.8 Å². The number of rotatable bonds is 2. The van der Waals surface area contributed by atoms with E-state index in [0.717, 1.165) is 45.4 Å². The van der Waals surface area contributed by atoms with Gasteiger partial charge in [0, 0.05) is 38.3 Å². The van der Waals surface area contributed by atoms with Gasteiger partial charge in [-0.25, -0.2) is 0 Å². The van der Waals surface area contributed by atoms with Crippen molar-refractivity contribution in [3.05, 3.63) is 35.9 Å². The third kappa shape index (κ3) is 3.22. The van der Waals surface area contributed by atoms with Gasteiger partial charge in [0.05, 0.1) is 5.41 Å². The summed E-state index contributed by atoms with van der Waals surface area (Å²) in [5.74, 6) is 0.339. The van der Waals surface area contributed by atoms with Gasteiger partial charge in [-0.1, -0.05) is 30.3 Å². The van der Waals surface area contributed by atoms with Crippen LogP contribution in [0.4, 0.5) is 0 Å². The number of carbonyl (C=O) groups is 1. The number of hydrogen-bond acceptors (Lipinski definition) is 3. The van der Waals surface area contributed by atoms with Crippen LogP contribution in [0.5, 0.6) is 0 Å². The van der Waals surface area contributed by atoms with E-state index in [1.54, 1.807) is 0 Å². The second kappa shape index (κ2) is 7.08.